The highest BCUT2D eigenvalue weighted by Gasteiger charge is 2.16. The Labute approximate surface area is 74.8 Å². The van der Waals surface area contributed by atoms with Crippen molar-refractivity contribution in [1.29, 1.82) is 0 Å². The van der Waals surface area contributed by atoms with Crippen LogP contribution in [0.15, 0.2) is 0 Å². The maximum absolute atomic E-state index is 8.77. The van der Waals surface area contributed by atoms with Gasteiger partial charge in [-0.25, -0.2) is 0 Å². The summed E-state index contributed by atoms with van der Waals surface area (Å²) >= 11 is 0. The standard InChI is InChI=1S/C9H21NO2/c1-4-9(2,3)7-10-8(5-11)6-12/h8,10-12H,4-7H2,1-3H3. The topological polar surface area (TPSA) is 52.5 Å². The van der Waals surface area contributed by atoms with Gasteiger partial charge in [-0.3, -0.25) is 0 Å². The third-order valence-corrected chi connectivity index (χ3v) is 2.27. The van der Waals surface area contributed by atoms with Gasteiger partial charge in [-0.05, 0) is 11.8 Å². The average Bonchev–Trinajstić information content (AvgIpc) is 2.06. The van der Waals surface area contributed by atoms with Gasteiger partial charge in [0, 0.05) is 6.54 Å². The molecule has 0 fully saturated rings. The molecule has 0 saturated carbocycles. The summed E-state index contributed by atoms with van der Waals surface area (Å²) in [7, 11) is 0. The number of rotatable bonds is 6. The molecule has 3 N–H and O–H groups in total. The maximum Gasteiger partial charge on any atom is 0.0607 e. The van der Waals surface area contributed by atoms with Crippen LogP contribution in [0.5, 0.6) is 0 Å². The quantitative estimate of drug-likeness (QED) is 0.546. The predicted molar refractivity (Wildman–Crippen MR) is 50.0 cm³/mol. The molecule has 0 amide bonds. The van der Waals surface area contributed by atoms with Crippen LogP contribution >= 0.6 is 0 Å². The van der Waals surface area contributed by atoms with Crippen LogP contribution in [0.4, 0.5) is 0 Å². The molecule has 0 aliphatic carbocycles. The molecule has 0 heterocycles. The van der Waals surface area contributed by atoms with Crippen molar-refractivity contribution in [3.63, 3.8) is 0 Å². The van der Waals surface area contributed by atoms with Crippen LogP contribution in [0, 0.1) is 5.41 Å². The van der Waals surface area contributed by atoms with Gasteiger partial charge in [-0.1, -0.05) is 20.8 Å². The highest BCUT2D eigenvalue weighted by Crippen LogP contribution is 2.17. The van der Waals surface area contributed by atoms with Crippen LogP contribution in [0.25, 0.3) is 0 Å². The number of hydrogen-bond donors (Lipinski definition) is 3. The van der Waals surface area contributed by atoms with Gasteiger partial charge in [-0.2, -0.15) is 0 Å². The lowest BCUT2D eigenvalue weighted by Crippen LogP contribution is -2.41. The molecule has 3 heteroatoms. The minimum Gasteiger partial charge on any atom is -0.395 e. The fourth-order valence-corrected chi connectivity index (χ4v) is 0.732. The zero-order chi connectivity index (χ0) is 9.61. The molecule has 0 aromatic carbocycles. The molecule has 0 saturated heterocycles. The van der Waals surface area contributed by atoms with Gasteiger partial charge >= 0.3 is 0 Å². The molecule has 0 aromatic heterocycles. The van der Waals surface area contributed by atoms with E-state index in [0.717, 1.165) is 13.0 Å². The lowest BCUT2D eigenvalue weighted by atomic mass is 9.90. The van der Waals surface area contributed by atoms with Gasteiger partial charge in [0.15, 0.2) is 0 Å². The molecular formula is C9H21NO2. The number of aliphatic hydroxyl groups is 2. The minimum atomic E-state index is -0.171. The molecule has 12 heavy (non-hydrogen) atoms. The summed E-state index contributed by atoms with van der Waals surface area (Å²) in [6.07, 6.45) is 1.09. The van der Waals surface area contributed by atoms with Crippen LogP contribution in [0.3, 0.4) is 0 Å². The summed E-state index contributed by atoms with van der Waals surface area (Å²) in [6, 6.07) is -0.171. The number of hydrogen-bond acceptors (Lipinski definition) is 3. The predicted octanol–water partition coefficient (Wildman–Crippen LogP) is 0.365. The van der Waals surface area contributed by atoms with E-state index < -0.39 is 0 Å². The van der Waals surface area contributed by atoms with Gasteiger partial charge in [0.2, 0.25) is 0 Å². The van der Waals surface area contributed by atoms with E-state index in [1.54, 1.807) is 0 Å². The smallest absolute Gasteiger partial charge is 0.0607 e. The van der Waals surface area contributed by atoms with Crippen LogP contribution in [0.1, 0.15) is 27.2 Å². The van der Waals surface area contributed by atoms with Crippen molar-refractivity contribution in [2.24, 2.45) is 5.41 Å². The first-order valence-corrected chi connectivity index (χ1v) is 4.51. The third kappa shape index (κ3) is 4.70. The molecule has 0 spiro atoms. The van der Waals surface area contributed by atoms with E-state index in [9.17, 15) is 0 Å². The van der Waals surface area contributed by atoms with Crippen LogP contribution in [-0.2, 0) is 0 Å². The summed E-state index contributed by atoms with van der Waals surface area (Å²) in [6.45, 7) is 7.27. The van der Waals surface area contributed by atoms with Crippen LogP contribution in [-0.4, -0.2) is 36.0 Å². The van der Waals surface area contributed by atoms with Gasteiger partial charge < -0.3 is 15.5 Å². The van der Waals surface area contributed by atoms with Crippen molar-refractivity contribution in [2.75, 3.05) is 19.8 Å². The Morgan fingerprint density at radius 3 is 2.08 bits per heavy atom. The van der Waals surface area contributed by atoms with Crippen molar-refractivity contribution in [1.82, 2.24) is 5.32 Å². The summed E-state index contributed by atoms with van der Waals surface area (Å²) in [4.78, 5) is 0. The average molecular weight is 175 g/mol. The number of aliphatic hydroxyl groups excluding tert-OH is 2. The molecule has 3 nitrogen and oxygen atoms in total. The number of nitrogens with one attached hydrogen (secondary N) is 1. The molecule has 0 bridgehead atoms. The van der Waals surface area contributed by atoms with Crippen molar-refractivity contribution >= 4 is 0 Å². The third-order valence-electron chi connectivity index (χ3n) is 2.27. The Hall–Kier alpha value is -0.120. The first kappa shape index (κ1) is 11.9. The first-order valence-electron chi connectivity index (χ1n) is 4.51. The molecule has 0 atom stereocenters. The van der Waals surface area contributed by atoms with E-state index >= 15 is 0 Å². The highest BCUT2D eigenvalue weighted by molar-refractivity contribution is 4.73. The van der Waals surface area contributed by atoms with E-state index in [0.29, 0.717) is 0 Å². The molecule has 0 radical (unpaired) electrons. The Kier molecular flexibility index (Phi) is 5.46. The second-order valence-corrected chi connectivity index (χ2v) is 3.96. The van der Waals surface area contributed by atoms with Crippen LogP contribution < -0.4 is 5.32 Å². The molecule has 0 aromatic rings. The fraction of sp³-hybridized carbons (Fsp3) is 1.00. The molecule has 0 unspecified atom stereocenters. The fourth-order valence-electron chi connectivity index (χ4n) is 0.732. The van der Waals surface area contributed by atoms with Crippen molar-refractivity contribution < 1.29 is 10.2 Å². The zero-order valence-corrected chi connectivity index (χ0v) is 8.30. The Morgan fingerprint density at radius 2 is 1.75 bits per heavy atom. The van der Waals surface area contributed by atoms with Gasteiger partial charge in [0.1, 0.15) is 0 Å². The zero-order valence-electron chi connectivity index (χ0n) is 8.30. The Morgan fingerprint density at radius 1 is 1.25 bits per heavy atom. The first-order chi connectivity index (χ1) is 5.55. The van der Waals surface area contributed by atoms with Gasteiger partial charge in [0.25, 0.3) is 0 Å². The SMILES string of the molecule is CCC(C)(C)CNC(CO)CO. The summed E-state index contributed by atoms with van der Waals surface area (Å²) in [5, 5.41) is 20.7. The molecule has 0 rings (SSSR count). The lowest BCUT2D eigenvalue weighted by molar-refractivity contribution is 0.159. The molecule has 0 aliphatic heterocycles. The van der Waals surface area contributed by atoms with Crippen molar-refractivity contribution in [3.8, 4) is 0 Å². The van der Waals surface area contributed by atoms with E-state index in [4.69, 9.17) is 10.2 Å². The Balaban J connectivity index is 3.65. The van der Waals surface area contributed by atoms with Crippen LogP contribution in [0.2, 0.25) is 0 Å². The van der Waals surface area contributed by atoms with E-state index in [1.165, 1.54) is 0 Å². The summed E-state index contributed by atoms with van der Waals surface area (Å²) in [5.41, 5.74) is 0.239. The monoisotopic (exact) mass is 175 g/mol. The summed E-state index contributed by atoms with van der Waals surface area (Å²) in [5.74, 6) is 0. The van der Waals surface area contributed by atoms with E-state index in [-0.39, 0.29) is 24.7 Å². The van der Waals surface area contributed by atoms with E-state index in [1.807, 2.05) is 0 Å². The lowest BCUT2D eigenvalue weighted by Gasteiger charge is -2.25. The second-order valence-electron chi connectivity index (χ2n) is 3.96. The second kappa shape index (κ2) is 5.51. The van der Waals surface area contributed by atoms with Crippen molar-refractivity contribution in [2.45, 2.75) is 33.2 Å². The summed E-state index contributed by atoms with van der Waals surface area (Å²) < 4.78 is 0. The van der Waals surface area contributed by atoms with Gasteiger partial charge in [0.05, 0.1) is 19.3 Å². The maximum atomic E-state index is 8.77. The van der Waals surface area contributed by atoms with Crippen molar-refractivity contribution in [3.05, 3.63) is 0 Å². The van der Waals surface area contributed by atoms with Gasteiger partial charge in [-0.15, -0.1) is 0 Å². The molecule has 0 aliphatic rings. The normalized spacial score (nSPS) is 12.5. The molecular weight excluding hydrogens is 154 g/mol. The minimum absolute atomic E-state index is 0.00368. The highest BCUT2D eigenvalue weighted by atomic mass is 16.3. The Bertz CT molecular complexity index is 111. The molecule has 74 valence electrons. The largest absolute Gasteiger partial charge is 0.395 e. The van der Waals surface area contributed by atoms with E-state index in [2.05, 4.69) is 26.1 Å².